The van der Waals surface area contributed by atoms with Gasteiger partial charge in [-0.1, -0.05) is 76.6 Å². The summed E-state index contributed by atoms with van der Waals surface area (Å²) in [5.41, 5.74) is 1.46. The summed E-state index contributed by atoms with van der Waals surface area (Å²) in [4.78, 5) is 71.4. The van der Waals surface area contributed by atoms with Crippen LogP contribution in [0.4, 0.5) is 0 Å². The van der Waals surface area contributed by atoms with Crippen molar-refractivity contribution in [1.29, 1.82) is 0 Å². The number of hydrogen-bond donors (Lipinski definition) is 3. The smallest absolute Gasteiger partial charge is 0.329 e. The molecule has 63 heavy (non-hydrogen) atoms. The van der Waals surface area contributed by atoms with E-state index in [9.17, 15) is 39.3 Å². The van der Waals surface area contributed by atoms with Gasteiger partial charge in [0, 0.05) is 44.9 Å². The third kappa shape index (κ3) is 14.1. The number of Topliss-reactive ketones (excluding diaryl/α,β-unsaturated/α-hetero) is 3. The van der Waals surface area contributed by atoms with Gasteiger partial charge >= 0.3 is 5.97 Å². The molecule has 4 rings (SSSR count). The standard InChI is InChI=1S/C50H77NO12/c1-30-15-11-10-12-16-31(2)25-34(5)44(54)46(61-9)45(55)35(6)26-32(3)41(53)29-42(33(4)27-37-20-23-40(52)43(28-37)60-8)62-49(58)39-17-13-14-24-51(39)48(57)47(56)50(59)36(7)19-22-38(63-50)21-18-30/h10-12,15-16,26,31-34,36-40,42-43,45-46,52,55,59H,13-14,17-25,27-29H2,1-9H3/b11-10+,16-12+,30-15+,35-26+/t31-,32-,33?,34-,36-,37+,38-,39+,40-,42+,43-,45-,46+,50-/m1/s1. The first-order chi connectivity index (χ1) is 29.8. The normalized spacial score (nSPS) is 40.1. The Morgan fingerprint density at radius 1 is 0.889 bits per heavy atom. The molecule has 0 aromatic carbocycles. The van der Waals surface area contributed by atoms with Crippen LogP contribution in [0.1, 0.15) is 132 Å². The predicted octanol–water partition coefficient (Wildman–Crippen LogP) is 6.56. The minimum Gasteiger partial charge on any atom is -0.460 e. The third-order valence-corrected chi connectivity index (χ3v) is 14.1. The summed E-state index contributed by atoms with van der Waals surface area (Å²) in [5.74, 6) is -7.65. The fraction of sp³-hybridized carbons (Fsp3) is 0.740. The maximum atomic E-state index is 14.3. The Morgan fingerprint density at radius 2 is 1.62 bits per heavy atom. The van der Waals surface area contributed by atoms with Gasteiger partial charge in [-0.2, -0.15) is 0 Å². The minimum absolute atomic E-state index is 0.0501. The van der Waals surface area contributed by atoms with Crippen LogP contribution in [0.25, 0.3) is 0 Å². The van der Waals surface area contributed by atoms with Gasteiger partial charge in [0.15, 0.2) is 5.78 Å². The first-order valence-corrected chi connectivity index (χ1v) is 23.4. The fourth-order valence-electron chi connectivity index (χ4n) is 9.82. The number of esters is 1. The number of aliphatic hydroxyl groups excluding tert-OH is 2. The van der Waals surface area contributed by atoms with Crippen molar-refractivity contribution in [3.8, 4) is 0 Å². The summed E-state index contributed by atoms with van der Waals surface area (Å²) >= 11 is 0. The zero-order valence-corrected chi connectivity index (χ0v) is 39.3. The number of fused-ring (bicyclic) bond motifs is 3. The summed E-state index contributed by atoms with van der Waals surface area (Å²) < 4.78 is 23.5. The van der Waals surface area contributed by atoms with E-state index in [1.807, 2.05) is 58.1 Å². The number of ketones is 3. The number of rotatable bonds is 5. The van der Waals surface area contributed by atoms with Gasteiger partial charge in [0.05, 0.1) is 18.3 Å². The maximum absolute atomic E-state index is 14.3. The highest BCUT2D eigenvalue weighted by molar-refractivity contribution is 6.39. The average Bonchev–Trinajstić information content (AvgIpc) is 3.26. The molecule has 3 heterocycles. The van der Waals surface area contributed by atoms with Crippen LogP contribution in [0, 0.1) is 35.5 Å². The molecule has 3 fully saturated rings. The maximum Gasteiger partial charge on any atom is 0.329 e. The molecule has 2 saturated heterocycles. The second-order valence-corrected chi connectivity index (χ2v) is 19.3. The monoisotopic (exact) mass is 884 g/mol. The van der Waals surface area contributed by atoms with Crippen LogP contribution in [0.3, 0.4) is 0 Å². The second kappa shape index (κ2) is 24.3. The summed E-state index contributed by atoms with van der Waals surface area (Å²) in [6.45, 7) is 12.9. The zero-order valence-electron chi connectivity index (χ0n) is 39.3. The number of carbonyl (C=O) groups is 5. The van der Waals surface area contributed by atoms with E-state index in [1.165, 1.54) is 12.0 Å². The summed E-state index contributed by atoms with van der Waals surface area (Å²) in [5, 5.41) is 33.7. The van der Waals surface area contributed by atoms with Gasteiger partial charge in [0.1, 0.15) is 30.1 Å². The summed E-state index contributed by atoms with van der Waals surface area (Å²) in [7, 11) is 2.95. The van der Waals surface area contributed by atoms with Gasteiger partial charge in [0.25, 0.3) is 11.7 Å². The van der Waals surface area contributed by atoms with Crippen molar-refractivity contribution < 1.29 is 58.2 Å². The number of nitrogens with zero attached hydrogens (tertiary/aromatic N) is 1. The first kappa shape index (κ1) is 52.3. The highest BCUT2D eigenvalue weighted by Crippen LogP contribution is 2.37. The van der Waals surface area contributed by atoms with Crippen LogP contribution in [-0.2, 0) is 42.9 Å². The lowest BCUT2D eigenvalue weighted by molar-refractivity contribution is -0.263. The molecule has 354 valence electrons. The van der Waals surface area contributed by atoms with Crippen LogP contribution in [-0.4, -0.2) is 119 Å². The van der Waals surface area contributed by atoms with Gasteiger partial charge in [0.2, 0.25) is 5.79 Å². The Labute approximate surface area is 375 Å². The Morgan fingerprint density at radius 3 is 2.32 bits per heavy atom. The number of allylic oxidation sites excluding steroid dienone is 7. The van der Waals surface area contributed by atoms with Crippen LogP contribution in [0.2, 0.25) is 0 Å². The number of carbonyl (C=O) groups excluding carboxylic acids is 5. The molecule has 0 aromatic heterocycles. The molecule has 13 heteroatoms. The Hall–Kier alpha value is -3.33. The molecule has 3 N–H and O–H groups in total. The number of piperidine rings is 1. The lowest BCUT2D eigenvalue weighted by atomic mass is 9.78. The molecule has 13 nitrogen and oxygen atoms in total. The van der Waals surface area contributed by atoms with Crippen LogP contribution >= 0.6 is 0 Å². The molecule has 4 aliphatic rings. The molecule has 1 amide bonds. The predicted molar refractivity (Wildman–Crippen MR) is 239 cm³/mol. The van der Waals surface area contributed by atoms with Gasteiger partial charge in [-0.3, -0.25) is 19.2 Å². The summed E-state index contributed by atoms with van der Waals surface area (Å²) in [6, 6.07) is -1.11. The zero-order chi connectivity index (χ0) is 46.6. The molecule has 0 aromatic rings. The highest BCUT2D eigenvalue weighted by Gasteiger charge is 2.53. The van der Waals surface area contributed by atoms with E-state index in [0.29, 0.717) is 69.8 Å². The van der Waals surface area contributed by atoms with E-state index in [1.54, 1.807) is 34.0 Å². The third-order valence-electron chi connectivity index (χ3n) is 14.1. The SMILES string of the molecule is CO[C@@H]1C[C@H](CC(C)[C@@H]2CC(=O)[C@H](C)/C=C(\C)[C@@H](O)[C@@H](OC)C(=O)[C@H](C)C[C@H](C)/C=C/C=C/C=C(\C)CC[C@@H]3CC[C@@H](C)[C@@](O)(O3)C(=O)C(=O)N3CCCC[C@H]3C(=O)O2)CC[C@H]1O. The first-order valence-electron chi connectivity index (χ1n) is 23.4. The second-order valence-electron chi connectivity index (χ2n) is 19.3. The van der Waals surface area contributed by atoms with Crippen LogP contribution in [0.15, 0.2) is 47.6 Å². The molecule has 2 bridgehead atoms. The topological polar surface area (TPSA) is 186 Å². The van der Waals surface area contributed by atoms with Gasteiger partial charge in [-0.05, 0) is 114 Å². The molecular weight excluding hydrogens is 807 g/mol. The lowest BCUT2D eigenvalue weighted by Gasteiger charge is -2.42. The molecule has 1 aliphatic carbocycles. The van der Waals surface area contributed by atoms with Crippen molar-refractivity contribution in [3.63, 3.8) is 0 Å². The molecule has 0 radical (unpaired) electrons. The van der Waals surface area contributed by atoms with Gasteiger partial charge < -0.3 is 39.2 Å². The van der Waals surface area contributed by atoms with E-state index in [2.05, 4.69) is 0 Å². The quantitative estimate of drug-likeness (QED) is 0.154. The molecule has 14 atom stereocenters. The molecule has 1 saturated carbocycles. The van der Waals surface area contributed by atoms with E-state index in [4.69, 9.17) is 18.9 Å². The Balaban J connectivity index is 1.67. The minimum atomic E-state index is -2.36. The van der Waals surface area contributed by atoms with E-state index < -0.39 is 77.8 Å². The van der Waals surface area contributed by atoms with Crippen molar-refractivity contribution in [2.45, 2.75) is 180 Å². The molecule has 0 spiro atoms. The Kier molecular flexibility index (Phi) is 20.1. The van der Waals surface area contributed by atoms with Crippen LogP contribution in [0.5, 0.6) is 0 Å². The fourth-order valence-corrected chi connectivity index (χ4v) is 9.82. The number of amides is 1. The van der Waals surface area contributed by atoms with Crippen molar-refractivity contribution in [1.82, 2.24) is 4.90 Å². The lowest BCUT2D eigenvalue weighted by Crippen LogP contribution is -2.60. The number of aliphatic hydroxyl groups is 3. The van der Waals surface area contributed by atoms with Gasteiger partial charge in [-0.15, -0.1) is 0 Å². The number of methoxy groups -OCH3 is 2. The number of hydrogen-bond acceptors (Lipinski definition) is 12. The summed E-state index contributed by atoms with van der Waals surface area (Å²) in [6.07, 6.45) is 13.1. The molecule has 3 aliphatic heterocycles. The largest absolute Gasteiger partial charge is 0.460 e. The molecule has 1 unspecified atom stereocenters. The molecular formula is C50H77NO12. The highest BCUT2D eigenvalue weighted by atomic mass is 16.6. The Bertz CT molecular complexity index is 1700. The average molecular weight is 884 g/mol. The van der Waals surface area contributed by atoms with Crippen molar-refractivity contribution in [3.05, 3.63) is 47.6 Å². The van der Waals surface area contributed by atoms with E-state index in [-0.39, 0.29) is 54.8 Å². The van der Waals surface area contributed by atoms with Crippen molar-refractivity contribution in [2.75, 3.05) is 20.8 Å². The van der Waals surface area contributed by atoms with Gasteiger partial charge in [-0.25, -0.2) is 4.79 Å². The van der Waals surface area contributed by atoms with E-state index in [0.717, 1.165) is 12.0 Å². The number of ether oxygens (including phenoxy) is 4. The number of cyclic esters (lactones) is 1. The van der Waals surface area contributed by atoms with Crippen molar-refractivity contribution in [2.24, 2.45) is 35.5 Å². The van der Waals surface area contributed by atoms with E-state index >= 15 is 0 Å². The van der Waals surface area contributed by atoms with Crippen molar-refractivity contribution >= 4 is 29.2 Å². The van der Waals surface area contributed by atoms with Crippen LogP contribution < -0.4 is 0 Å².